The van der Waals surface area contributed by atoms with E-state index < -0.39 is 0 Å². The summed E-state index contributed by atoms with van der Waals surface area (Å²) in [7, 11) is 1.85. The Bertz CT molecular complexity index is 815. The van der Waals surface area contributed by atoms with Crippen LogP contribution in [0, 0.1) is 5.92 Å². The maximum atomic E-state index is 5.93. The van der Waals surface area contributed by atoms with Crippen LogP contribution < -0.4 is 5.32 Å². The van der Waals surface area contributed by atoms with Gasteiger partial charge in [-0.15, -0.1) is 0 Å². The summed E-state index contributed by atoms with van der Waals surface area (Å²) in [6.45, 7) is 6.62. The minimum atomic E-state index is 0.588. The summed E-state index contributed by atoms with van der Waals surface area (Å²) in [5.41, 5.74) is 0.897. The van der Waals surface area contributed by atoms with Crippen LogP contribution >= 0.6 is 11.6 Å². The monoisotopic (exact) mass is 416 g/mol. The average molecular weight is 417 g/mol. The quantitative estimate of drug-likeness (QED) is 0.576. The Morgan fingerprint density at radius 2 is 2.03 bits per heavy atom. The van der Waals surface area contributed by atoms with Gasteiger partial charge in [-0.25, -0.2) is 0 Å². The molecule has 2 aliphatic rings. The molecule has 2 aromatic rings. The fourth-order valence-electron chi connectivity index (χ4n) is 4.19. The maximum Gasteiger partial charge on any atom is 0.228 e. The zero-order valence-corrected chi connectivity index (χ0v) is 17.7. The van der Waals surface area contributed by atoms with E-state index in [-0.39, 0.29) is 0 Å². The molecule has 4 rings (SSSR count). The van der Waals surface area contributed by atoms with E-state index in [1.807, 2.05) is 31.3 Å². The topological polar surface area (TPSA) is 69.8 Å². The highest BCUT2D eigenvalue weighted by Gasteiger charge is 2.27. The summed E-state index contributed by atoms with van der Waals surface area (Å²) >= 11 is 5.93. The number of aromatic nitrogens is 2. The minimum Gasteiger partial charge on any atom is -0.356 e. The van der Waals surface area contributed by atoms with Crippen LogP contribution in [0.25, 0.3) is 11.4 Å². The second-order valence-electron chi connectivity index (χ2n) is 7.85. The summed E-state index contributed by atoms with van der Waals surface area (Å²) < 4.78 is 5.39. The Morgan fingerprint density at radius 3 is 2.79 bits per heavy atom. The number of benzene rings is 1. The molecule has 8 heteroatoms. The SMILES string of the molecule is CN=C(NCCc1nc(-c2ccc(Cl)cc2)no1)N1CCC(CN2CCCC2)C1. The first kappa shape index (κ1) is 20.2. The molecule has 0 spiro atoms. The van der Waals surface area contributed by atoms with Gasteiger partial charge in [0, 0.05) is 50.2 Å². The number of hydrogen-bond acceptors (Lipinski definition) is 5. The van der Waals surface area contributed by atoms with Gasteiger partial charge in [-0.3, -0.25) is 4.99 Å². The van der Waals surface area contributed by atoms with Gasteiger partial charge in [0.1, 0.15) is 0 Å². The zero-order chi connectivity index (χ0) is 20.1. The normalized spacial score (nSPS) is 20.6. The van der Waals surface area contributed by atoms with Crippen molar-refractivity contribution in [2.75, 3.05) is 46.3 Å². The molecule has 156 valence electrons. The molecule has 0 bridgehead atoms. The van der Waals surface area contributed by atoms with Crippen LogP contribution in [-0.2, 0) is 6.42 Å². The van der Waals surface area contributed by atoms with Gasteiger partial charge < -0.3 is 19.6 Å². The first-order valence-electron chi connectivity index (χ1n) is 10.5. The molecular formula is C21H29ClN6O. The molecule has 0 radical (unpaired) electrons. The lowest BCUT2D eigenvalue weighted by Crippen LogP contribution is -2.41. The summed E-state index contributed by atoms with van der Waals surface area (Å²) in [6.07, 6.45) is 4.61. The smallest absolute Gasteiger partial charge is 0.228 e. The van der Waals surface area contributed by atoms with Gasteiger partial charge in [0.25, 0.3) is 0 Å². The van der Waals surface area contributed by atoms with Gasteiger partial charge in [-0.1, -0.05) is 16.8 Å². The van der Waals surface area contributed by atoms with Crippen molar-refractivity contribution in [2.45, 2.75) is 25.7 Å². The lowest BCUT2D eigenvalue weighted by atomic mass is 10.1. The highest BCUT2D eigenvalue weighted by atomic mass is 35.5. The third-order valence-corrected chi connectivity index (χ3v) is 5.96. The summed E-state index contributed by atoms with van der Waals surface area (Å²) in [6, 6.07) is 7.43. The molecule has 1 atom stereocenters. The van der Waals surface area contributed by atoms with Crippen molar-refractivity contribution in [3.63, 3.8) is 0 Å². The van der Waals surface area contributed by atoms with Crippen LogP contribution in [-0.4, -0.2) is 72.2 Å². The van der Waals surface area contributed by atoms with E-state index in [0.29, 0.717) is 29.7 Å². The zero-order valence-electron chi connectivity index (χ0n) is 17.0. The van der Waals surface area contributed by atoms with Gasteiger partial charge in [-0.05, 0) is 62.5 Å². The van der Waals surface area contributed by atoms with Crippen LogP contribution in [0.15, 0.2) is 33.8 Å². The molecule has 1 aromatic carbocycles. The molecule has 1 unspecified atom stereocenters. The Kier molecular flexibility index (Phi) is 6.67. The molecule has 2 aliphatic heterocycles. The number of rotatable bonds is 6. The van der Waals surface area contributed by atoms with Crippen molar-refractivity contribution in [3.8, 4) is 11.4 Å². The van der Waals surface area contributed by atoms with Crippen LogP contribution in [0.1, 0.15) is 25.2 Å². The molecule has 1 N–H and O–H groups in total. The second-order valence-corrected chi connectivity index (χ2v) is 8.29. The summed E-state index contributed by atoms with van der Waals surface area (Å²) in [4.78, 5) is 13.9. The van der Waals surface area contributed by atoms with E-state index >= 15 is 0 Å². The number of halogens is 1. The first-order valence-corrected chi connectivity index (χ1v) is 10.9. The third-order valence-electron chi connectivity index (χ3n) is 5.70. The second kappa shape index (κ2) is 9.59. The molecule has 0 saturated carbocycles. The lowest BCUT2D eigenvalue weighted by molar-refractivity contribution is 0.281. The summed E-state index contributed by atoms with van der Waals surface area (Å²) in [5.74, 6) is 2.91. The molecule has 0 amide bonds. The van der Waals surface area contributed by atoms with Gasteiger partial charge >= 0.3 is 0 Å². The standard InChI is InChI=1S/C21H29ClN6O/c1-23-21(28-13-9-16(15-28)14-27-11-2-3-12-27)24-10-8-19-25-20(26-29-19)17-4-6-18(22)7-5-17/h4-7,16H,2-3,8-15H2,1H3,(H,23,24). The number of likely N-dealkylation sites (tertiary alicyclic amines) is 2. The molecular weight excluding hydrogens is 388 g/mol. The van der Waals surface area contributed by atoms with E-state index in [1.54, 1.807) is 0 Å². The van der Waals surface area contributed by atoms with Crippen molar-refractivity contribution in [1.29, 1.82) is 0 Å². The maximum absolute atomic E-state index is 5.93. The highest BCUT2D eigenvalue weighted by molar-refractivity contribution is 6.30. The Labute approximate surface area is 177 Å². The molecule has 3 heterocycles. The summed E-state index contributed by atoms with van der Waals surface area (Å²) in [5, 5.41) is 8.21. The Hall–Kier alpha value is -2.12. The Balaban J connectivity index is 1.24. The van der Waals surface area contributed by atoms with Crippen LogP contribution in [0.4, 0.5) is 0 Å². The molecule has 2 fully saturated rings. The van der Waals surface area contributed by atoms with Crippen molar-refractivity contribution >= 4 is 17.6 Å². The van der Waals surface area contributed by atoms with Crippen LogP contribution in [0.2, 0.25) is 5.02 Å². The van der Waals surface area contributed by atoms with Crippen LogP contribution in [0.3, 0.4) is 0 Å². The fraction of sp³-hybridized carbons (Fsp3) is 0.571. The number of hydrogen-bond donors (Lipinski definition) is 1. The lowest BCUT2D eigenvalue weighted by Gasteiger charge is -2.23. The Morgan fingerprint density at radius 1 is 1.24 bits per heavy atom. The minimum absolute atomic E-state index is 0.588. The predicted molar refractivity (Wildman–Crippen MR) is 115 cm³/mol. The molecule has 0 aliphatic carbocycles. The number of nitrogens with zero attached hydrogens (tertiary/aromatic N) is 5. The van der Waals surface area contributed by atoms with Crippen molar-refractivity contribution in [3.05, 3.63) is 35.2 Å². The number of nitrogens with one attached hydrogen (secondary N) is 1. The molecule has 29 heavy (non-hydrogen) atoms. The van der Waals surface area contributed by atoms with Crippen LogP contribution in [0.5, 0.6) is 0 Å². The third kappa shape index (κ3) is 5.28. The average Bonchev–Trinajstić information content (AvgIpc) is 3.49. The largest absolute Gasteiger partial charge is 0.356 e. The fourth-order valence-corrected chi connectivity index (χ4v) is 4.32. The molecule has 7 nitrogen and oxygen atoms in total. The number of guanidine groups is 1. The van der Waals surface area contributed by atoms with E-state index in [0.717, 1.165) is 30.5 Å². The van der Waals surface area contributed by atoms with E-state index in [2.05, 4.69) is 30.2 Å². The van der Waals surface area contributed by atoms with Gasteiger partial charge in [-0.2, -0.15) is 4.98 Å². The number of aliphatic imine (C=N–C) groups is 1. The van der Waals surface area contributed by atoms with Crippen molar-refractivity contribution in [2.24, 2.45) is 10.9 Å². The van der Waals surface area contributed by atoms with Gasteiger partial charge in [0.15, 0.2) is 5.96 Å². The molecule has 2 saturated heterocycles. The van der Waals surface area contributed by atoms with E-state index in [4.69, 9.17) is 16.1 Å². The molecule has 1 aromatic heterocycles. The predicted octanol–water partition coefficient (Wildman–Crippen LogP) is 2.93. The van der Waals surface area contributed by atoms with Crippen molar-refractivity contribution < 1.29 is 4.52 Å². The van der Waals surface area contributed by atoms with E-state index in [9.17, 15) is 0 Å². The first-order chi connectivity index (χ1) is 14.2. The van der Waals surface area contributed by atoms with Crippen molar-refractivity contribution in [1.82, 2.24) is 25.3 Å². The van der Waals surface area contributed by atoms with Gasteiger partial charge in [0.2, 0.25) is 11.7 Å². The van der Waals surface area contributed by atoms with E-state index in [1.165, 1.54) is 38.9 Å². The van der Waals surface area contributed by atoms with Gasteiger partial charge in [0.05, 0.1) is 0 Å². The highest BCUT2D eigenvalue weighted by Crippen LogP contribution is 2.20.